The Balaban J connectivity index is 1.41. The molecular weight excluding hydrogens is 379 g/mol. The minimum atomic E-state index is -0.551. The Hall–Kier alpha value is -3.33. The van der Waals surface area contributed by atoms with Crippen molar-refractivity contribution in [1.29, 1.82) is 0 Å². The number of benzene rings is 2. The summed E-state index contributed by atoms with van der Waals surface area (Å²) in [4.78, 5) is 40.7. The standard InChI is InChI=1S/C20H19FN4O4/c21-14-2-1-3-17(12-14)24-19(26)13-18(20(24)27)23-10-8-22(9-11-23)15-4-6-16(7-5-15)25(28)29/h1-7,12,18H,8-11,13H2/t18-/m0/s1. The Labute approximate surface area is 166 Å². The largest absolute Gasteiger partial charge is 0.369 e. The summed E-state index contributed by atoms with van der Waals surface area (Å²) in [7, 11) is 0. The van der Waals surface area contributed by atoms with Crippen LogP contribution in [0, 0.1) is 15.9 Å². The van der Waals surface area contributed by atoms with Crippen LogP contribution >= 0.6 is 0 Å². The highest BCUT2D eigenvalue weighted by Crippen LogP contribution is 2.28. The SMILES string of the molecule is O=C1C[C@H](N2CCN(c3ccc([N+](=O)[O-])cc3)CC2)C(=O)N1c1cccc(F)c1. The summed E-state index contributed by atoms with van der Waals surface area (Å²) in [5.41, 5.74) is 1.18. The number of hydrogen-bond donors (Lipinski definition) is 0. The van der Waals surface area contributed by atoms with E-state index in [4.69, 9.17) is 0 Å². The first-order valence-electron chi connectivity index (χ1n) is 9.30. The molecule has 2 aromatic carbocycles. The van der Waals surface area contributed by atoms with Gasteiger partial charge in [0.05, 0.1) is 23.1 Å². The zero-order valence-corrected chi connectivity index (χ0v) is 15.5. The Morgan fingerprint density at radius 1 is 0.966 bits per heavy atom. The molecule has 2 saturated heterocycles. The highest BCUT2D eigenvalue weighted by Gasteiger charge is 2.43. The molecule has 150 valence electrons. The van der Waals surface area contributed by atoms with Gasteiger partial charge in [-0.05, 0) is 30.3 Å². The smallest absolute Gasteiger partial charge is 0.269 e. The van der Waals surface area contributed by atoms with Crippen LogP contribution in [0.2, 0.25) is 0 Å². The summed E-state index contributed by atoms with van der Waals surface area (Å²) in [5, 5.41) is 10.8. The molecule has 8 nitrogen and oxygen atoms in total. The summed E-state index contributed by atoms with van der Waals surface area (Å²) >= 11 is 0. The molecule has 0 bridgehead atoms. The molecule has 0 radical (unpaired) electrons. The molecule has 0 aliphatic carbocycles. The van der Waals surface area contributed by atoms with E-state index in [2.05, 4.69) is 4.90 Å². The lowest BCUT2D eigenvalue weighted by molar-refractivity contribution is -0.384. The summed E-state index contributed by atoms with van der Waals surface area (Å²) in [6, 6.07) is 11.3. The fourth-order valence-corrected chi connectivity index (χ4v) is 3.86. The molecule has 2 heterocycles. The second-order valence-corrected chi connectivity index (χ2v) is 7.06. The summed E-state index contributed by atoms with van der Waals surface area (Å²) < 4.78 is 13.5. The molecule has 2 aliphatic rings. The van der Waals surface area contributed by atoms with E-state index in [-0.39, 0.29) is 29.6 Å². The van der Waals surface area contributed by atoms with Gasteiger partial charge in [-0.3, -0.25) is 24.6 Å². The third-order valence-electron chi connectivity index (χ3n) is 5.37. The number of carbonyl (C=O) groups excluding carboxylic acids is 2. The third-order valence-corrected chi connectivity index (χ3v) is 5.37. The Morgan fingerprint density at radius 2 is 1.66 bits per heavy atom. The molecule has 2 aliphatic heterocycles. The van der Waals surface area contributed by atoms with Crippen LogP contribution in [0.4, 0.5) is 21.5 Å². The van der Waals surface area contributed by atoms with Crippen LogP contribution in [0.25, 0.3) is 0 Å². The fraction of sp³-hybridized carbons (Fsp3) is 0.300. The lowest BCUT2D eigenvalue weighted by Gasteiger charge is -2.38. The van der Waals surface area contributed by atoms with E-state index >= 15 is 0 Å². The molecular formula is C20H19FN4O4. The third kappa shape index (κ3) is 3.68. The predicted molar refractivity (Wildman–Crippen MR) is 104 cm³/mol. The molecule has 0 unspecified atom stereocenters. The number of halogens is 1. The normalized spacial score (nSPS) is 20.4. The van der Waals surface area contributed by atoms with Crippen LogP contribution in [-0.4, -0.2) is 53.9 Å². The zero-order chi connectivity index (χ0) is 20.5. The zero-order valence-electron chi connectivity index (χ0n) is 15.5. The number of piperazine rings is 1. The number of nitro benzene ring substituents is 1. The quantitative estimate of drug-likeness (QED) is 0.446. The first-order chi connectivity index (χ1) is 13.9. The minimum Gasteiger partial charge on any atom is -0.369 e. The summed E-state index contributed by atoms with van der Waals surface area (Å²) in [5.74, 6) is -1.16. The highest BCUT2D eigenvalue weighted by molar-refractivity contribution is 6.22. The lowest BCUT2D eigenvalue weighted by atomic mass is 10.1. The van der Waals surface area contributed by atoms with Gasteiger partial charge in [0.2, 0.25) is 5.91 Å². The average molecular weight is 398 g/mol. The van der Waals surface area contributed by atoms with Gasteiger partial charge in [-0.25, -0.2) is 9.29 Å². The van der Waals surface area contributed by atoms with Crippen LogP contribution in [0.15, 0.2) is 48.5 Å². The molecule has 2 fully saturated rings. The van der Waals surface area contributed by atoms with Crippen molar-refractivity contribution in [2.75, 3.05) is 36.0 Å². The van der Waals surface area contributed by atoms with Gasteiger partial charge in [-0.1, -0.05) is 6.07 Å². The molecule has 4 rings (SSSR count). The predicted octanol–water partition coefficient (Wildman–Crippen LogP) is 2.19. The van der Waals surface area contributed by atoms with Crippen molar-refractivity contribution >= 4 is 28.9 Å². The van der Waals surface area contributed by atoms with Crippen LogP contribution in [0.1, 0.15) is 6.42 Å². The van der Waals surface area contributed by atoms with Gasteiger partial charge in [0.1, 0.15) is 5.82 Å². The first kappa shape index (κ1) is 19.0. The monoisotopic (exact) mass is 398 g/mol. The van der Waals surface area contributed by atoms with Gasteiger partial charge in [0.25, 0.3) is 11.6 Å². The van der Waals surface area contributed by atoms with Crippen molar-refractivity contribution in [3.05, 3.63) is 64.5 Å². The van der Waals surface area contributed by atoms with Gasteiger partial charge >= 0.3 is 0 Å². The van der Waals surface area contributed by atoms with Crippen molar-refractivity contribution in [3.8, 4) is 0 Å². The summed E-state index contributed by atoms with van der Waals surface area (Å²) in [6.45, 7) is 2.43. The van der Waals surface area contributed by atoms with Crippen molar-refractivity contribution in [3.63, 3.8) is 0 Å². The van der Waals surface area contributed by atoms with Crippen LogP contribution in [-0.2, 0) is 9.59 Å². The molecule has 9 heteroatoms. The van der Waals surface area contributed by atoms with Gasteiger partial charge in [-0.2, -0.15) is 0 Å². The van der Waals surface area contributed by atoms with Crippen molar-refractivity contribution in [1.82, 2.24) is 4.90 Å². The molecule has 29 heavy (non-hydrogen) atoms. The summed E-state index contributed by atoms with van der Waals surface area (Å²) in [6.07, 6.45) is 0.0763. The Morgan fingerprint density at radius 3 is 2.28 bits per heavy atom. The number of nitrogens with zero attached hydrogens (tertiary/aromatic N) is 4. The number of nitro groups is 1. The van der Waals surface area contributed by atoms with E-state index in [1.54, 1.807) is 18.2 Å². The Bertz CT molecular complexity index is 957. The molecule has 2 amide bonds. The lowest BCUT2D eigenvalue weighted by Crippen LogP contribution is -2.52. The second kappa shape index (κ2) is 7.59. The molecule has 0 spiro atoms. The van der Waals surface area contributed by atoms with E-state index in [1.807, 2.05) is 4.90 Å². The van der Waals surface area contributed by atoms with Crippen molar-refractivity contribution in [2.24, 2.45) is 0 Å². The number of rotatable bonds is 4. The Kier molecular flexibility index (Phi) is 4.98. The second-order valence-electron chi connectivity index (χ2n) is 7.06. The van der Waals surface area contributed by atoms with Crippen LogP contribution in [0.5, 0.6) is 0 Å². The maximum atomic E-state index is 13.5. The molecule has 0 saturated carbocycles. The van der Waals surface area contributed by atoms with E-state index in [9.17, 15) is 24.1 Å². The highest BCUT2D eigenvalue weighted by atomic mass is 19.1. The van der Waals surface area contributed by atoms with Gasteiger partial charge < -0.3 is 4.90 Å². The minimum absolute atomic E-state index is 0.0416. The molecule has 0 aromatic heterocycles. The van der Waals surface area contributed by atoms with Gasteiger partial charge in [0.15, 0.2) is 0 Å². The van der Waals surface area contributed by atoms with Crippen LogP contribution in [0.3, 0.4) is 0 Å². The first-order valence-corrected chi connectivity index (χ1v) is 9.30. The maximum absolute atomic E-state index is 13.5. The number of anilines is 2. The molecule has 2 aromatic rings. The van der Waals surface area contributed by atoms with E-state index in [0.29, 0.717) is 26.2 Å². The van der Waals surface area contributed by atoms with Crippen molar-refractivity contribution < 1.29 is 18.9 Å². The maximum Gasteiger partial charge on any atom is 0.269 e. The van der Waals surface area contributed by atoms with Crippen LogP contribution < -0.4 is 9.80 Å². The van der Waals surface area contributed by atoms with Crippen molar-refractivity contribution in [2.45, 2.75) is 12.5 Å². The van der Waals surface area contributed by atoms with E-state index < -0.39 is 16.8 Å². The fourth-order valence-electron chi connectivity index (χ4n) is 3.86. The number of imide groups is 1. The van der Waals surface area contributed by atoms with Gasteiger partial charge in [-0.15, -0.1) is 0 Å². The van der Waals surface area contributed by atoms with E-state index in [1.165, 1.54) is 30.3 Å². The molecule has 1 atom stereocenters. The van der Waals surface area contributed by atoms with E-state index in [0.717, 1.165) is 10.6 Å². The molecule has 0 N–H and O–H groups in total. The number of non-ortho nitro benzene ring substituents is 1. The number of carbonyl (C=O) groups is 2. The number of hydrogen-bond acceptors (Lipinski definition) is 6. The average Bonchev–Trinajstić information content (AvgIpc) is 3.02. The number of amides is 2. The topological polar surface area (TPSA) is 87.0 Å². The van der Waals surface area contributed by atoms with Gasteiger partial charge in [0, 0.05) is 44.0 Å².